The molecular formula is C52H74N4O7. The molecule has 1 saturated carbocycles. The predicted octanol–water partition coefficient (Wildman–Crippen LogP) is 8.07. The number of carbonyl (C=O) groups is 1. The molecule has 63 heavy (non-hydrogen) atoms. The van der Waals surface area contributed by atoms with Crippen LogP contribution in [0.2, 0.25) is 0 Å². The lowest BCUT2D eigenvalue weighted by atomic mass is 9.73. The van der Waals surface area contributed by atoms with Gasteiger partial charge in [0.1, 0.15) is 11.5 Å². The Bertz CT molecular complexity index is 2010. The van der Waals surface area contributed by atoms with E-state index < -0.39 is 29.5 Å². The number of carboxylic acids is 1. The third-order valence-electron chi connectivity index (χ3n) is 14.3. The van der Waals surface area contributed by atoms with Gasteiger partial charge in [-0.1, -0.05) is 94.0 Å². The molecule has 3 aliphatic rings. The molecule has 9 unspecified atom stereocenters. The summed E-state index contributed by atoms with van der Waals surface area (Å²) in [5.41, 5.74) is 10.1. The van der Waals surface area contributed by atoms with Gasteiger partial charge in [0.05, 0.1) is 29.5 Å². The van der Waals surface area contributed by atoms with E-state index in [1.165, 1.54) is 25.3 Å². The summed E-state index contributed by atoms with van der Waals surface area (Å²) >= 11 is 0. The molecule has 344 valence electrons. The number of aliphatic hydroxyl groups excluding tert-OH is 2. The Morgan fingerprint density at radius 3 is 2.51 bits per heavy atom. The molecule has 11 N–H and O–H groups in total. The van der Waals surface area contributed by atoms with Crippen LogP contribution in [-0.4, -0.2) is 79.5 Å². The molecule has 2 aromatic carbocycles. The molecule has 1 aliphatic heterocycles. The number of hydrogen-bond acceptors (Lipinski definition) is 9. The highest BCUT2D eigenvalue weighted by molar-refractivity contribution is 5.71. The number of aliphatic hydroxyl groups is 3. The zero-order valence-electron chi connectivity index (χ0n) is 37.5. The number of allylic oxidation sites excluding steroid dienone is 3. The molecule has 2 aliphatic carbocycles. The third kappa shape index (κ3) is 13.0. The Labute approximate surface area is 374 Å². The van der Waals surface area contributed by atoms with E-state index in [1.54, 1.807) is 6.07 Å². The number of hydrogen-bond donors (Lipinski definition) is 10. The van der Waals surface area contributed by atoms with Crippen LogP contribution in [0.4, 0.5) is 0 Å². The van der Waals surface area contributed by atoms with E-state index in [2.05, 4.69) is 40.8 Å². The highest BCUT2D eigenvalue weighted by Crippen LogP contribution is 2.50. The lowest BCUT2D eigenvalue weighted by molar-refractivity contribution is -0.148. The van der Waals surface area contributed by atoms with Gasteiger partial charge in [-0.15, -0.1) is 0 Å². The van der Waals surface area contributed by atoms with Crippen molar-refractivity contribution in [2.24, 2.45) is 41.2 Å². The Morgan fingerprint density at radius 1 is 0.984 bits per heavy atom. The van der Waals surface area contributed by atoms with E-state index in [0.717, 1.165) is 67.5 Å². The van der Waals surface area contributed by atoms with Crippen molar-refractivity contribution >= 4 is 5.97 Å². The first kappa shape index (κ1) is 47.9. The Balaban J connectivity index is 1.15. The van der Waals surface area contributed by atoms with E-state index in [9.17, 15) is 35.4 Å². The molecule has 0 saturated heterocycles. The molecule has 0 bridgehead atoms. The summed E-state index contributed by atoms with van der Waals surface area (Å²) in [7, 11) is 1.83. The number of rotatable bonds is 24. The van der Waals surface area contributed by atoms with Crippen molar-refractivity contribution in [3.63, 3.8) is 0 Å². The van der Waals surface area contributed by atoms with Crippen molar-refractivity contribution in [1.29, 1.82) is 0 Å². The lowest BCUT2D eigenvalue weighted by Crippen LogP contribution is -2.48. The number of unbranched alkanes of at least 4 members (excludes halogenated alkanes) is 4. The van der Waals surface area contributed by atoms with E-state index in [0.29, 0.717) is 68.1 Å². The lowest BCUT2D eigenvalue weighted by Gasteiger charge is -2.40. The summed E-state index contributed by atoms with van der Waals surface area (Å²) in [4.78, 5) is 16.3. The second-order valence-corrected chi connectivity index (χ2v) is 19.0. The first-order chi connectivity index (χ1) is 30.4. The van der Waals surface area contributed by atoms with Crippen molar-refractivity contribution < 1.29 is 35.4 Å². The highest BCUT2D eigenvalue weighted by Gasteiger charge is 2.51. The van der Waals surface area contributed by atoms with Crippen molar-refractivity contribution in [3.05, 3.63) is 107 Å². The van der Waals surface area contributed by atoms with Crippen LogP contribution in [0.1, 0.15) is 114 Å². The first-order valence-electron chi connectivity index (χ1n) is 23.7. The zero-order valence-corrected chi connectivity index (χ0v) is 37.5. The second-order valence-electron chi connectivity index (χ2n) is 19.0. The van der Waals surface area contributed by atoms with Gasteiger partial charge in [-0.3, -0.25) is 4.79 Å². The van der Waals surface area contributed by atoms with Crippen LogP contribution in [0.3, 0.4) is 0 Å². The van der Waals surface area contributed by atoms with Crippen LogP contribution in [0.15, 0.2) is 90.3 Å². The summed E-state index contributed by atoms with van der Waals surface area (Å²) in [6, 6.07) is 16.8. The number of dihydropyridines is 1. The number of nitrogens with two attached hydrogens (primary N) is 1. The molecule has 9 atom stereocenters. The van der Waals surface area contributed by atoms with Gasteiger partial charge in [0.15, 0.2) is 0 Å². The van der Waals surface area contributed by atoms with E-state index >= 15 is 0 Å². The number of phenols is 2. The van der Waals surface area contributed by atoms with E-state index in [4.69, 9.17) is 5.73 Å². The van der Waals surface area contributed by atoms with Crippen molar-refractivity contribution in [2.75, 3.05) is 20.1 Å². The summed E-state index contributed by atoms with van der Waals surface area (Å²) in [6.07, 6.45) is 19.3. The van der Waals surface area contributed by atoms with Crippen LogP contribution < -0.4 is 16.4 Å². The molecule has 1 aromatic heterocycles. The van der Waals surface area contributed by atoms with Crippen molar-refractivity contribution in [3.8, 4) is 22.8 Å². The molecule has 3 aromatic rings. The number of H-pyrrole nitrogens is 1. The molecule has 0 spiro atoms. The number of nitrogens with one attached hydrogen (secondary N) is 3. The van der Waals surface area contributed by atoms with Crippen molar-refractivity contribution in [1.82, 2.24) is 15.6 Å². The topological polar surface area (TPSA) is 204 Å². The van der Waals surface area contributed by atoms with Gasteiger partial charge < -0.3 is 52.0 Å². The minimum absolute atomic E-state index is 0.0100. The number of carboxylic acid groups (broad SMARTS) is 1. The Hall–Kier alpha value is -4.55. The SMILES string of the molecule is CCCCCC1C=CC(CCCCCC(C(=O)O)C(O)CC(CNC)C2(O)CC(CC3=CCNC(N)=C3)CC2Cc2ccc(-c3cc(O)cc(O)c3Cc3ccccc3)[nH]2)C(O)C1. The monoisotopic (exact) mass is 867 g/mol. The fraction of sp³-hybridized carbons (Fsp3) is 0.558. The number of aliphatic carboxylic acids is 1. The largest absolute Gasteiger partial charge is 0.508 e. The van der Waals surface area contributed by atoms with Gasteiger partial charge in [-0.05, 0) is 118 Å². The molecular weight excluding hydrogens is 793 g/mol. The molecule has 1 fully saturated rings. The Morgan fingerprint density at radius 2 is 1.78 bits per heavy atom. The van der Waals surface area contributed by atoms with Crippen molar-refractivity contribution in [2.45, 2.75) is 127 Å². The average molecular weight is 867 g/mol. The number of benzene rings is 2. The predicted molar refractivity (Wildman–Crippen MR) is 250 cm³/mol. The number of aromatic hydroxyl groups is 2. The van der Waals surface area contributed by atoms with E-state index in [1.807, 2.05) is 55.6 Å². The smallest absolute Gasteiger partial charge is 0.309 e. The zero-order chi connectivity index (χ0) is 44.9. The van der Waals surface area contributed by atoms with Crippen LogP contribution in [0.5, 0.6) is 11.5 Å². The van der Waals surface area contributed by atoms with Gasteiger partial charge >= 0.3 is 5.97 Å². The second kappa shape index (κ2) is 22.9. The summed E-state index contributed by atoms with van der Waals surface area (Å²) in [5, 5.41) is 73.9. The van der Waals surface area contributed by atoms with Gasteiger partial charge in [-0.2, -0.15) is 0 Å². The number of aromatic amines is 1. The highest BCUT2D eigenvalue weighted by atomic mass is 16.4. The van der Waals surface area contributed by atoms with Gasteiger partial charge in [0, 0.05) is 59.9 Å². The Kier molecular flexibility index (Phi) is 17.4. The third-order valence-corrected chi connectivity index (χ3v) is 14.3. The average Bonchev–Trinajstić information content (AvgIpc) is 3.84. The molecule has 0 radical (unpaired) electrons. The minimum atomic E-state index is -1.23. The first-order valence-corrected chi connectivity index (χ1v) is 23.7. The standard InChI is InChI=1S/C52H74N4O7/c1-3-4-7-12-35-17-18-38(47(58)26-35)15-10-6-11-16-43(51(61)62)48(59)29-40(33-54-2)52(63)32-37(23-36-21-22-55-50(53)27-36)24-39(52)28-41-19-20-46(56-41)44-30-42(57)31-49(60)45(44)25-34-13-8-5-9-14-34/h5,8-9,13-14,17-21,27,30-31,35,37-40,43,47-48,54-60,63H,3-4,6-7,10-12,15-16,22-26,28-29,32-33,53H2,1-2H3,(H,61,62). The quantitative estimate of drug-likeness (QED) is 0.0310. The summed E-state index contributed by atoms with van der Waals surface area (Å²) in [5.74, 6) is -1.34. The van der Waals surface area contributed by atoms with Gasteiger partial charge in [0.2, 0.25) is 0 Å². The molecule has 11 heteroatoms. The molecule has 0 amide bonds. The maximum absolute atomic E-state index is 13.0. The molecule has 6 rings (SSSR count). The normalized spacial score (nSPS) is 24.9. The van der Waals surface area contributed by atoms with Crippen LogP contribution in [-0.2, 0) is 17.6 Å². The van der Waals surface area contributed by atoms with Crippen LogP contribution >= 0.6 is 0 Å². The van der Waals surface area contributed by atoms with Gasteiger partial charge in [-0.25, -0.2) is 0 Å². The van der Waals surface area contributed by atoms with Crippen LogP contribution in [0.25, 0.3) is 11.3 Å². The number of phenolic OH excluding ortho intramolecular Hbond substituents is 2. The summed E-state index contributed by atoms with van der Waals surface area (Å²) < 4.78 is 0. The number of aromatic nitrogens is 1. The molecule has 11 nitrogen and oxygen atoms in total. The minimum Gasteiger partial charge on any atom is -0.508 e. The maximum Gasteiger partial charge on any atom is 0.309 e. The van der Waals surface area contributed by atoms with Crippen LogP contribution in [0, 0.1) is 35.5 Å². The maximum atomic E-state index is 13.0. The van der Waals surface area contributed by atoms with Gasteiger partial charge in [0.25, 0.3) is 0 Å². The fourth-order valence-electron chi connectivity index (χ4n) is 10.9. The molecule has 2 heterocycles. The van der Waals surface area contributed by atoms with E-state index in [-0.39, 0.29) is 41.8 Å². The fourth-order valence-corrected chi connectivity index (χ4v) is 10.9. The summed E-state index contributed by atoms with van der Waals surface area (Å²) in [6.45, 7) is 3.25.